The predicted octanol–water partition coefficient (Wildman–Crippen LogP) is 12.6. The van der Waals surface area contributed by atoms with Gasteiger partial charge in [-0.15, -0.1) is 0 Å². The maximum Gasteiger partial charge on any atom is 0.472 e. The summed E-state index contributed by atoms with van der Waals surface area (Å²) in [5.74, 6) is -0.341. The van der Waals surface area contributed by atoms with Gasteiger partial charge >= 0.3 is 13.8 Å². The topological polar surface area (TPSA) is 117 Å². The van der Waals surface area contributed by atoms with Gasteiger partial charge in [0.2, 0.25) is 0 Å². The fourth-order valence-electron chi connectivity index (χ4n) is 5.84. The van der Waals surface area contributed by atoms with Crippen LogP contribution in [0.4, 0.5) is 0 Å². The number of esters is 1. The van der Waals surface area contributed by atoms with Crippen molar-refractivity contribution in [2.45, 2.75) is 200 Å². The van der Waals surface area contributed by atoms with Crippen molar-refractivity contribution >= 4 is 13.8 Å². The van der Waals surface area contributed by atoms with Crippen LogP contribution in [0, 0.1) is 0 Å². The first-order valence-electron chi connectivity index (χ1n) is 21.5. The van der Waals surface area contributed by atoms with Crippen molar-refractivity contribution in [3.63, 3.8) is 0 Å². The van der Waals surface area contributed by atoms with Crippen LogP contribution in [0.2, 0.25) is 0 Å². The lowest BCUT2D eigenvalue weighted by Gasteiger charge is -2.20. The van der Waals surface area contributed by atoms with E-state index in [2.05, 4.69) is 50.3 Å². The summed E-state index contributed by atoms with van der Waals surface area (Å²) in [4.78, 5) is 22.4. The third-order valence-electron chi connectivity index (χ3n) is 9.03. The minimum atomic E-state index is -4.28. The fourth-order valence-corrected chi connectivity index (χ4v) is 6.61. The maximum absolute atomic E-state index is 12.6. The molecular formula is C43H82NO7P. The quantitative estimate of drug-likeness (QED) is 0.0274. The molecule has 0 heterocycles. The Bertz CT molecular complexity index is 895. The van der Waals surface area contributed by atoms with Crippen molar-refractivity contribution in [3.8, 4) is 0 Å². The summed E-state index contributed by atoms with van der Waals surface area (Å²) in [5, 5.41) is 0. The average molecular weight is 756 g/mol. The van der Waals surface area contributed by atoms with Gasteiger partial charge in [-0.1, -0.05) is 153 Å². The van der Waals surface area contributed by atoms with Crippen LogP contribution in [0.5, 0.6) is 0 Å². The Labute approximate surface area is 320 Å². The number of rotatable bonds is 41. The zero-order valence-corrected chi connectivity index (χ0v) is 34.7. The summed E-state index contributed by atoms with van der Waals surface area (Å²) in [6.07, 6.45) is 45.8. The normalized spacial score (nSPS) is 13.8. The number of phosphoric ester groups is 1. The number of allylic oxidation sites excluding steroid dienone is 6. The molecule has 0 amide bonds. The Balaban J connectivity index is 4.04. The fraction of sp³-hybridized carbons (Fsp3) is 0.837. The highest BCUT2D eigenvalue weighted by atomic mass is 31.2. The molecule has 9 heteroatoms. The van der Waals surface area contributed by atoms with Gasteiger partial charge in [-0.3, -0.25) is 13.8 Å². The SMILES string of the molecule is CCCCCC/C=C\C/C=C\CCCCCCCCCCOCC(COP(=O)(O)OCCN)OC(=O)CCCCCCC/C=C\CCCCCCC. The molecule has 0 aliphatic heterocycles. The lowest BCUT2D eigenvalue weighted by molar-refractivity contribution is -0.154. The van der Waals surface area contributed by atoms with E-state index in [4.69, 9.17) is 24.3 Å². The van der Waals surface area contributed by atoms with E-state index in [9.17, 15) is 14.3 Å². The first kappa shape index (κ1) is 50.7. The highest BCUT2D eigenvalue weighted by molar-refractivity contribution is 7.47. The second-order valence-corrected chi connectivity index (χ2v) is 15.7. The highest BCUT2D eigenvalue weighted by Crippen LogP contribution is 2.43. The lowest BCUT2D eigenvalue weighted by Crippen LogP contribution is -2.28. The Kier molecular flexibility index (Phi) is 39.9. The van der Waals surface area contributed by atoms with Gasteiger partial charge in [-0.05, 0) is 70.6 Å². The van der Waals surface area contributed by atoms with Gasteiger partial charge < -0.3 is 20.1 Å². The van der Waals surface area contributed by atoms with Crippen LogP contribution in [0.15, 0.2) is 36.5 Å². The number of hydrogen-bond donors (Lipinski definition) is 2. The largest absolute Gasteiger partial charge is 0.472 e. The van der Waals surface area contributed by atoms with Gasteiger partial charge in [0.25, 0.3) is 0 Å². The first-order valence-corrected chi connectivity index (χ1v) is 23.0. The van der Waals surface area contributed by atoms with E-state index in [-0.39, 0.29) is 32.3 Å². The Hall–Kier alpha value is -1.28. The molecule has 0 aromatic carbocycles. The number of phosphoric acid groups is 1. The van der Waals surface area contributed by atoms with E-state index in [1.54, 1.807) is 0 Å². The third kappa shape index (κ3) is 39.9. The van der Waals surface area contributed by atoms with E-state index in [0.717, 1.165) is 51.4 Å². The van der Waals surface area contributed by atoms with E-state index in [0.29, 0.717) is 13.0 Å². The Morgan fingerprint density at radius 2 is 1.02 bits per heavy atom. The zero-order chi connectivity index (χ0) is 38.1. The van der Waals surface area contributed by atoms with E-state index >= 15 is 0 Å². The maximum atomic E-state index is 12.6. The molecule has 0 spiro atoms. The summed E-state index contributed by atoms with van der Waals surface area (Å²) in [6, 6.07) is 0. The lowest BCUT2D eigenvalue weighted by atomic mass is 10.1. The molecule has 0 saturated heterocycles. The van der Waals surface area contributed by atoms with Crippen molar-refractivity contribution in [2.24, 2.45) is 5.73 Å². The number of carbonyl (C=O) groups excluding carboxylic acids is 1. The van der Waals surface area contributed by atoms with Gasteiger partial charge in [0.15, 0.2) is 0 Å². The number of ether oxygens (including phenoxy) is 2. The predicted molar refractivity (Wildman–Crippen MR) is 220 cm³/mol. The van der Waals surface area contributed by atoms with Crippen LogP contribution in [-0.4, -0.2) is 49.9 Å². The molecule has 3 N–H and O–H groups in total. The van der Waals surface area contributed by atoms with Gasteiger partial charge in [0.05, 0.1) is 19.8 Å². The van der Waals surface area contributed by atoms with Crippen molar-refractivity contribution in [2.75, 3.05) is 33.0 Å². The van der Waals surface area contributed by atoms with Crippen LogP contribution in [-0.2, 0) is 27.9 Å². The highest BCUT2D eigenvalue weighted by Gasteiger charge is 2.25. The number of hydrogen-bond acceptors (Lipinski definition) is 7. The van der Waals surface area contributed by atoms with Crippen LogP contribution in [0.25, 0.3) is 0 Å². The molecule has 2 unspecified atom stereocenters. The minimum Gasteiger partial charge on any atom is -0.457 e. The molecule has 306 valence electrons. The molecule has 0 saturated carbocycles. The Morgan fingerprint density at radius 3 is 1.54 bits per heavy atom. The van der Waals surface area contributed by atoms with Gasteiger partial charge in [-0.2, -0.15) is 0 Å². The van der Waals surface area contributed by atoms with Crippen molar-refractivity contribution < 1.29 is 32.8 Å². The molecule has 8 nitrogen and oxygen atoms in total. The van der Waals surface area contributed by atoms with Crippen LogP contribution in [0.1, 0.15) is 194 Å². The average Bonchev–Trinajstić information content (AvgIpc) is 3.13. The van der Waals surface area contributed by atoms with Crippen LogP contribution < -0.4 is 5.73 Å². The molecule has 52 heavy (non-hydrogen) atoms. The smallest absolute Gasteiger partial charge is 0.457 e. The van der Waals surface area contributed by atoms with E-state index < -0.39 is 13.9 Å². The number of unbranched alkanes of at least 4 members (excludes halogenated alkanes) is 22. The summed E-state index contributed by atoms with van der Waals surface area (Å²) < 4.78 is 33.4. The number of nitrogens with two attached hydrogens (primary N) is 1. The van der Waals surface area contributed by atoms with Crippen molar-refractivity contribution in [1.82, 2.24) is 0 Å². The molecule has 2 atom stereocenters. The number of carbonyl (C=O) groups is 1. The molecule has 0 radical (unpaired) electrons. The molecule has 0 aliphatic carbocycles. The van der Waals surface area contributed by atoms with Crippen molar-refractivity contribution in [3.05, 3.63) is 36.5 Å². The summed E-state index contributed by atoms with van der Waals surface area (Å²) in [5.41, 5.74) is 5.36. The first-order chi connectivity index (χ1) is 25.4. The summed E-state index contributed by atoms with van der Waals surface area (Å²) in [6.45, 7) is 4.88. The Morgan fingerprint density at radius 1 is 0.577 bits per heavy atom. The second kappa shape index (κ2) is 40.9. The molecule has 0 bridgehead atoms. The standard InChI is InChI=1S/C43H82NO7P/c1-3-5-7-9-11-13-15-17-19-20-21-22-23-25-27-29-31-33-35-38-48-40-42(41-50-52(46,47)49-39-37-44)51-43(45)36-34-32-30-28-26-24-18-16-14-12-10-8-6-4-2/h13,15-16,18-20,42H,3-12,14,17,21-41,44H2,1-2H3,(H,46,47)/b15-13-,18-16-,20-19-. The van der Waals surface area contributed by atoms with Crippen LogP contribution >= 0.6 is 7.82 Å². The molecule has 0 aromatic heterocycles. The second-order valence-electron chi connectivity index (χ2n) is 14.2. The van der Waals surface area contributed by atoms with E-state index in [1.807, 2.05) is 0 Å². The van der Waals surface area contributed by atoms with Crippen LogP contribution in [0.3, 0.4) is 0 Å². The molecule has 0 rings (SSSR count). The molecule has 0 aliphatic rings. The van der Waals surface area contributed by atoms with E-state index in [1.165, 1.54) is 122 Å². The molecule has 0 fully saturated rings. The summed E-state index contributed by atoms with van der Waals surface area (Å²) in [7, 11) is -4.28. The van der Waals surface area contributed by atoms with Gasteiger partial charge in [-0.25, -0.2) is 4.57 Å². The zero-order valence-electron chi connectivity index (χ0n) is 33.8. The molecule has 0 aromatic rings. The third-order valence-corrected chi connectivity index (χ3v) is 10.0. The monoisotopic (exact) mass is 756 g/mol. The minimum absolute atomic E-state index is 0.0978. The van der Waals surface area contributed by atoms with Gasteiger partial charge in [0.1, 0.15) is 6.10 Å². The molecular weight excluding hydrogens is 673 g/mol. The van der Waals surface area contributed by atoms with Crippen molar-refractivity contribution in [1.29, 1.82) is 0 Å². The summed E-state index contributed by atoms with van der Waals surface area (Å²) >= 11 is 0. The van der Waals surface area contributed by atoms with Gasteiger partial charge in [0, 0.05) is 19.6 Å².